The van der Waals surface area contributed by atoms with Crippen LogP contribution in [0.15, 0.2) is 58.4 Å². The standard InChI is InChI=1S/C10H8S/c1-2-6-9(5-1)10-7-3-4-8-11-10/h1-8H. The molecule has 0 bridgehead atoms. The zero-order chi connectivity index (χ0) is 7.52. The van der Waals surface area contributed by atoms with E-state index in [9.17, 15) is 0 Å². The molecule has 0 atom stereocenters. The minimum absolute atomic E-state index is 1.32. The van der Waals surface area contributed by atoms with E-state index < -0.39 is 0 Å². The van der Waals surface area contributed by atoms with Crippen LogP contribution in [0, 0.1) is 0 Å². The van der Waals surface area contributed by atoms with Gasteiger partial charge in [-0.05, 0) is 17.1 Å². The van der Waals surface area contributed by atoms with E-state index in [0.29, 0.717) is 0 Å². The van der Waals surface area contributed by atoms with E-state index in [1.54, 1.807) is 11.8 Å². The van der Waals surface area contributed by atoms with Crippen LogP contribution in [0.5, 0.6) is 0 Å². The summed E-state index contributed by atoms with van der Waals surface area (Å²) in [4.78, 5) is 1.33. The van der Waals surface area contributed by atoms with Crippen LogP contribution in [-0.4, -0.2) is 0 Å². The van der Waals surface area contributed by atoms with Gasteiger partial charge in [-0.25, -0.2) is 0 Å². The van der Waals surface area contributed by atoms with Gasteiger partial charge in [0.05, 0.1) is 0 Å². The molecule has 1 heteroatoms. The molecule has 0 saturated carbocycles. The molecule has 54 valence electrons. The van der Waals surface area contributed by atoms with Crippen LogP contribution in [0.1, 0.15) is 0 Å². The Bertz CT molecular complexity index is 287. The van der Waals surface area contributed by atoms with E-state index in [0.717, 1.165) is 0 Å². The summed E-state index contributed by atoms with van der Waals surface area (Å²) < 4.78 is 0. The molecule has 2 aliphatic rings. The largest absolute Gasteiger partial charge is 0.0975 e. The van der Waals surface area contributed by atoms with E-state index in [1.165, 1.54) is 10.5 Å². The highest BCUT2D eigenvalue weighted by Crippen LogP contribution is 2.28. The fourth-order valence-electron chi connectivity index (χ4n) is 1.04. The Labute approximate surface area is 70.7 Å². The maximum absolute atomic E-state index is 2.14. The molecule has 0 fully saturated rings. The summed E-state index contributed by atoms with van der Waals surface area (Å²) in [6.45, 7) is 0. The third kappa shape index (κ3) is 1.38. The zero-order valence-corrected chi connectivity index (χ0v) is 6.84. The van der Waals surface area contributed by atoms with Crippen LogP contribution in [0.3, 0.4) is 0 Å². The predicted octanol–water partition coefficient (Wildman–Crippen LogP) is 3.18. The van der Waals surface area contributed by atoms with Crippen molar-refractivity contribution in [2.75, 3.05) is 0 Å². The molecule has 0 unspecified atom stereocenters. The third-order valence-corrected chi connectivity index (χ3v) is 2.50. The maximum atomic E-state index is 2.14. The molecule has 11 heavy (non-hydrogen) atoms. The van der Waals surface area contributed by atoms with Crippen molar-refractivity contribution in [1.29, 1.82) is 0 Å². The van der Waals surface area contributed by atoms with Crippen molar-refractivity contribution in [3.8, 4) is 0 Å². The summed E-state index contributed by atoms with van der Waals surface area (Å²) in [6, 6.07) is 0. The summed E-state index contributed by atoms with van der Waals surface area (Å²) in [5.41, 5.74) is 1.32. The van der Waals surface area contributed by atoms with Crippen molar-refractivity contribution in [2.24, 2.45) is 0 Å². The van der Waals surface area contributed by atoms with Gasteiger partial charge < -0.3 is 0 Å². The lowest BCUT2D eigenvalue weighted by Crippen LogP contribution is -1.77. The van der Waals surface area contributed by atoms with Crippen LogP contribution in [0.2, 0.25) is 0 Å². The molecule has 0 spiro atoms. The van der Waals surface area contributed by atoms with Gasteiger partial charge >= 0.3 is 0 Å². The first kappa shape index (κ1) is 6.74. The van der Waals surface area contributed by atoms with E-state index in [4.69, 9.17) is 0 Å². The molecule has 0 aromatic rings. The van der Waals surface area contributed by atoms with E-state index in [1.807, 2.05) is 0 Å². The summed E-state index contributed by atoms with van der Waals surface area (Å²) in [5.74, 6) is 0. The Morgan fingerprint density at radius 3 is 2.18 bits per heavy atom. The second kappa shape index (κ2) is 2.97. The number of hydrogen-bond donors (Lipinski definition) is 0. The lowest BCUT2D eigenvalue weighted by atomic mass is 10.2. The Hall–Kier alpha value is -0.950. The van der Waals surface area contributed by atoms with Crippen molar-refractivity contribution in [3.05, 3.63) is 58.4 Å². The minimum atomic E-state index is 1.32. The van der Waals surface area contributed by atoms with Crippen molar-refractivity contribution in [3.63, 3.8) is 0 Å². The molecule has 1 aliphatic carbocycles. The van der Waals surface area contributed by atoms with E-state index >= 15 is 0 Å². The van der Waals surface area contributed by atoms with Gasteiger partial charge in [-0.3, -0.25) is 0 Å². The summed E-state index contributed by atoms with van der Waals surface area (Å²) in [5, 5.41) is 2.10. The van der Waals surface area contributed by atoms with Gasteiger partial charge in [-0.15, -0.1) is 0 Å². The third-order valence-electron chi connectivity index (χ3n) is 1.58. The average Bonchev–Trinajstić information content (AvgIpc) is 2.58. The van der Waals surface area contributed by atoms with Crippen LogP contribution < -0.4 is 0 Å². The van der Waals surface area contributed by atoms with Gasteiger partial charge in [0, 0.05) is 4.91 Å². The second-order valence-electron chi connectivity index (χ2n) is 2.34. The quantitative estimate of drug-likeness (QED) is 0.524. The van der Waals surface area contributed by atoms with Crippen molar-refractivity contribution in [2.45, 2.75) is 0 Å². The fraction of sp³-hybridized carbons (Fsp3) is 0. The SMILES string of the molecule is C1=CSC(=C2C=CC=C2)C=C1. The molecule has 2 rings (SSSR count). The molecule has 1 aliphatic heterocycles. The molecular weight excluding hydrogens is 152 g/mol. The number of rotatable bonds is 0. The number of hydrogen-bond acceptors (Lipinski definition) is 1. The lowest BCUT2D eigenvalue weighted by molar-refractivity contribution is 1.70. The topological polar surface area (TPSA) is 0 Å². The highest BCUT2D eigenvalue weighted by atomic mass is 32.2. The Morgan fingerprint density at radius 1 is 0.818 bits per heavy atom. The molecule has 0 nitrogen and oxygen atoms in total. The van der Waals surface area contributed by atoms with Gasteiger partial charge in [0.1, 0.15) is 0 Å². The molecule has 0 saturated heterocycles. The minimum Gasteiger partial charge on any atom is -0.0975 e. The fourth-order valence-corrected chi connectivity index (χ4v) is 1.79. The van der Waals surface area contributed by atoms with Gasteiger partial charge in [-0.2, -0.15) is 0 Å². The number of allylic oxidation sites excluding steroid dienone is 8. The molecule has 0 N–H and O–H groups in total. The van der Waals surface area contributed by atoms with Crippen LogP contribution in [0.25, 0.3) is 0 Å². The lowest BCUT2D eigenvalue weighted by Gasteiger charge is -2.02. The first-order valence-corrected chi connectivity index (χ1v) is 4.44. The molecule has 0 amide bonds. The molecule has 0 radical (unpaired) electrons. The normalized spacial score (nSPS) is 20.4. The second-order valence-corrected chi connectivity index (χ2v) is 3.29. The van der Waals surface area contributed by atoms with Gasteiger partial charge in [-0.1, -0.05) is 48.2 Å². The first-order chi connectivity index (χ1) is 5.47. The molecular formula is C10H8S. The molecule has 0 aromatic heterocycles. The Kier molecular flexibility index (Phi) is 1.82. The zero-order valence-electron chi connectivity index (χ0n) is 6.03. The summed E-state index contributed by atoms with van der Waals surface area (Å²) >= 11 is 1.77. The first-order valence-electron chi connectivity index (χ1n) is 3.56. The predicted molar refractivity (Wildman–Crippen MR) is 51.2 cm³/mol. The summed E-state index contributed by atoms with van der Waals surface area (Å²) in [7, 11) is 0. The van der Waals surface area contributed by atoms with Gasteiger partial charge in [0.25, 0.3) is 0 Å². The highest BCUT2D eigenvalue weighted by molar-refractivity contribution is 8.06. The van der Waals surface area contributed by atoms with Crippen LogP contribution in [0.4, 0.5) is 0 Å². The average molecular weight is 160 g/mol. The molecule has 0 aromatic carbocycles. The Balaban J connectivity index is 2.33. The maximum Gasteiger partial charge on any atom is 0.0188 e. The summed E-state index contributed by atoms with van der Waals surface area (Å²) in [6.07, 6.45) is 14.7. The van der Waals surface area contributed by atoms with Gasteiger partial charge in [0.15, 0.2) is 0 Å². The highest BCUT2D eigenvalue weighted by Gasteiger charge is 2.01. The van der Waals surface area contributed by atoms with Crippen molar-refractivity contribution in [1.82, 2.24) is 0 Å². The monoisotopic (exact) mass is 160 g/mol. The van der Waals surface area contributed by atoms with Gasteiger partial charge in [0.2, 0.25) is 0 Å². The van der Waals surface area contributed by atoms with E-state index in [2.05, 4.69) is 47.9 Å². The van der Waals surface area contributed by atoms with Crippen molar-refractivity contribution < 1.29 is 0 Å². The van der Waals surface area contributed by atoms with E-state index in [-0.39, 0.29) is 0 Å². The van der Waals surface area contributed by atoms with Crippen LogP contribution in [-0.2, 0) is 0 Å². The Morgan fingerprint density at radius 2 is 1.55 bits per heavy atom. The van der Waals surface area contributed by atoms with Crippen LogP contribution >= 0.6 is 11.8 Å². The smallest absolute Gasteiger partial charge is 0.0188 e. The van der Waals surface area contributed by atoms with Crippen molar-refractivity contribution >= 4 is 11.8 Å². The molecule has 1 heterocycles. The number of thioether (sulfide) groups is 1.